The van der Waals surface area contributed by atoms with Crippen molar-refractivity contribution in [2.24, 2.45) is 0 Å². The van der Waals surface area contributed by atoms with Gasteiger partial charge in [0.1, 0.15) is 24.6 Å². The van der Waals surface area contributed by atoms with E-state index >= 15 is 0 Å². The molecular formula is C22H26O6. The summed E-state index contributed by atoms with van der Waals surface area (Å²) in [5.74, 6) is 0.198. The van der Waals surface area contributed by atoms with Gasteiger partial charge in [-0.05, 0) is 42.7 Å². The Labute approximate surface area is 164 Å². The molecule has 6 nitrogen and oxygen atoms in total. The van der Waals surface area contributed by atoms with E-state index in [4.69, 9.17) is 14.2 Å². The number of rotatable bonds is 7. The molecule has 6 heteroatoms. The monoisotopic (exact) mass is 386 g/mol. The number of ether oxygens (including phenoxy) is 3. The van der Waals surface area contributed by atoms with E-state index in [2.05, 4.69) is 12.1 Å². The maximum atomic E-state index is 12.3. The predicted molar refractivity (Wildman–Crippen MR) is 103 cm³/mol. The first-order valence-electron chi connectivity index (χ1n) is 9.47. The van der Waals surface area contributed by atoms with Crippen LogP contribution in [0.4, 0.5) is 0 Å². The average Bonchev–Trinajstić information content (AvgIpc) is 2.70. The van der Waals surface area contributed by atoms with Gasteiger partial charge in [-0.15, -0.1) is 0 Å². The number of carbonyl (C=O) groups is 1. The van der Waals surface area contributed by atoms with Gasteiger partial charge in [0.25, 0.3) is 0 Å². The zero-order valence-corrected chi connectivity index (χ0v) is 15.9. The fourth-order valence-electron chi connectivity index (χ4n) is 3.13. The molecule has 1 fully saturated rings. The molecule has 0 aromatic heterocycles. The summed E-state index contributed by atoms with van der Waals surface area (Å²) in [4.78, 5) is 12.3. The van der Waals surface area contributed by atoms with E-state index in [9.17, 15) is 15.0 Å². The molecule has 0 spiro atoms. The molecule has 3 rings (SSSR count). The third-order valence-corrected chi connectivity index (χ3v) is 4.82. The molecular weight excluding hydrogens is 360 g/mol. The summed E-state index contributed by atoms with van der Waals surface area (Å²) in [5, 5.41) is 19.6. The van der Waals surface area contributed by atoms with Gasteiger partial charge in [-0.25, -0.2) is 4.79 Å². The van der Waals surface area contributed by atoms with Crippen LogP contribution in [0.1, 0.15) is 27.9 Å². The third kappa shape index (κ3) is 5.32. The number of hydrogen-bond acceptors (Lipinski definition) is 6. The Morgan fingerprint density at radius 3 is 2.71 bits per heavy atom. The van der Waals surface area contributed by atoms with Gasteiger partial charge in [-0.3, -0.25) is 0 Å². The highest BCUT2D eigenvalue weighted by Gasteiger charge is 2.32. The number of aryl methyl sites for hydroxylation is 1. The second-order valence-corrected chi connectivity index (χ2v) is 6.92. The van der Waals surface area contributed by atoms with Crippen LogP contribution < -0.4 is 4.74 Å². The molecule has 28 heavy (non-hydrogen) atoms. The molecule has 2 aromatic rings. The molecule has 1 aliphatic rings. The van der Waals surface area contributed by atoms with E-state index in [-0.39, 0.29) is 6.61 Å². The molecule has 0 amide bonds. The highest BCUT2D eigenvalue weighted by molar-refractivity contribution is 5.91. The van der Waals surface area contributed by atoms with Gasteiger partial charge in [-0.1, -0.05) is 30.3 Å². The van der Waals surface area contributed by atoms with Gasteiger partial charge in [0.2, 0.25) is 0 Å². The van der Waals surface area contributed by atoms with Crippen LogP contribution in [0.3, 0.4) is 0 Å². The van der Waals surface area contributed by atoms with Crippen LogP contribution in [-0.2, 0) is 15.9 Å². The van der Waals surface area contributed by atoms with E-state index in [1.807, 2.05) is 25.1 Å². The average molecular weight is 386 g/mol. The van der Waals surface area contributed by atoms with Crippen LogP contribution in [0.15, 0.2) is 48.5 Å². The first-order valence-corrected chi connectivity index (χ1v) is 9.47. The minimum Gasteiger partial charge on any atom is -0.493 e. The zero-order chi connectivity index (χ0) is 19.9. The highest BCUT2D eigenvalue weighted by atomic mass is 16.6. The maximum absolute atomic E-state index is 12.3. The molecule has 0 aliphatic carbocycles. The number of benzene rings is 2. The van der Waals surface area contributed by atoms with Crippen molar-refractivity contribution < 1.29 is 29.2 Å². The van der Waals surface area contributed by atoms with Crippen LogP contribution in [-0.4, -0.2) is 54.3 Å². The van der Waals surface area contributed by atoms with E-state index in [1.165, 1.54) is 5.56 Å². The molecule has 0 saturated carbocycles. The first-order chi connectivity index (χ1) is 13.5. The number of aliphatic hydroxyl groups is 2. The fourth-order valence-corrected chi connectivity index (χ4v) is 3.13. The Balaban J connectivity index is 1.50. The van der Waals surface area contributed by atoms with E-state index in [1.54, 1.807) is 18.2 Å². The fraction of sp³-hybridized carbons (Fsp3) is 0.409. The summed E-state index contributed by atoms with van der Waals surface area (Å²) in [6, 6.07) is 15.3. The van der Waals surface area contributed by atoms with Crippen LogP contribution in [0.25, 0.3) is 0 Å². The van der Waals surface area contributed by atoms with Gasteiger partial charge in [-0.2, -0.15) is 0 Å². The number of esters is 1. The minimum atomic E-state index is -1.05. The summed E-state index contributed by atoms with van der Waals surface area (Å²) < 4.78 is 16.4. The second kappa shape index (κ2) is 9.68. The lowest BCUT2D eigenvalue weighted by molar-refractivity contribution is -0.148. The normalized spacial score (nSPS) is 21.9. The first kappa shape index (κ1) is 20.3. The van der Waals surface area contributed by atoms with Crippen molar-refractivity contribution in [3.63, 3.8) is 0 Å². The zero-order valence-electron chi connectivity index (χ0n) is 15.9. The maximum Gasteiger partial charge on any atom is 0.338 e. The van der Waals surface area contributed by atoms with Crippen molar-refractivity contribution >= 4 is 5.97 Å². The lowest BCUT2D eigenvalue weighted by Crippen LogP contribution is -2.47. The Hall–Kier alpha value is -2.41. The summed E-state index contributed by atoms with van der Waals surface area (Å²) in [6.45, 7) is 2.59. The topological polar surface area (TPSA) is 85.2 Å². The van der Waals surface area contributed by atoms with Crippen molar-refractivity contribution in [3.05, 3.63) is 65.2 Å². The largest absolute Gasteiger partial charge is 0.493 e. The van der Waals surface area contributed by atoms with E-state index < -0.39 is 24.3 Å². The summed E-state index contributed by atoms with van der Waals surface area (Å²) in [5.41, 5.74) is 2.38. The molecule has 3 atom stereocenters. The Morgan fingerprint density at radius 1 is 1.18 bits per heavy atom. The molecule has 2 N–H and O–H groups in total. The van der Waals surface area contributed by atoms with E-state index in [0.29, 0.717) is 30.9 Å². The van der Waals surface area contributed by atoms with Gasteiger partial charge in [0.15, 0.2) is 0 Å². The van der Waals surface area contributed by atoms with Crippen molar-refractivity contribution in [1.82, 2.24) is 0 Å². The molecule has 1 aliphatic heterocycles. The quantitative estimate of drug-likeness (QED) is 0.710. The van der Waals surface area contributed by atoms with Gasteiger partial charge in [0.05, 0.1) is 18.3 Å². The second-order valence-electron chi connectivity index (χ2n) is 6.92. The third-order valence-electron chi connectivity index (χ3n) is 4.82. The van der Waals surface area contributed by atoms with Gasteiger partial charge >= 0.3 is 5.97 Å². The molecule has 0 bridgehead atoms. The minimum absolute atomic E-state index is 0.105. The number of hydrogen-bond donors (Lipinski definition) is 2. The molecule has 0 radical (unpaired) electrons. The van der Waals surface area contributed by atoms with Crippen LogP contribution >= 0.6 is 0 Å². The van der Waals surface area contributed by atoms with Crippen LogP contribution in [0, 0.1) is 6.92 Å². The molecule has 150 valence electrons. The van der Waals surface area contributed by atoms with Crippen molar-refractivity contribution in [2.75, 3.05) is 19.8 Å². The lowest BCUT2D eigenvalue weighted by Gasteiger charge is -2.31. The standard InChI is InChI=1S/C22H26O6/c1-15-13-17(26-11-9-16-5-3-2-4-6-16)7-8-18(15)22(25)28-14-20-21(24)19(23)10-12-27-20/h2-8,13,19-21,23-24H,9-12,14H2,1H3. The van der Waals surface area contributed by atoms with Crippen LogP contribution in [0.5, 0.6) is 5.75 Å². The molecule has 2 aromatic carbocycles. The Bertz CT molecular complexity index is 776. The lowest BCUT2D eigenvalue weighted by atomic mass is 10.0. The molecule has 1 heterocycles. The summed E-state index contributed by atoms with van der Waals surface area (Å²) >= 11 is 0. The van der Waals surface area contributed by atoms with Gasteiger partial charge in [0, 0.05) is 13.0 Å². The summed E-state index contributed by atoms with van der Waals surface area (Å²) in [6.07, 6.45) is -1.45. The van der Waals surface area contributed by atoms with Gasteiger partial charge < -0.3 is 24.4 Å². The Kier molecular flexibility index (Phi) is 7.03. The van der Waals surface area contributed by atoms with Crippen molar-refractivity contribution in [1.29, 1.82) is 0 Å². The van der Waals surface area contributed by atoms with Crippen molar-refractivity contribution in [2.45, 2.75) is 38.1 Å². The summed E-state index contributed by atoms with van der Waals surface area (Å²) in [7, 11) is 0. The predicted octanol–water partition coefficient (Wildman–Crippen LogP) is 2.28. The van der Waals surface area contributed by atoms with E-state index in [0.717, 1.165) is 12.0 Å². The number of aliphatic hydroxyl groups excluding tert-OH is 2. The number of carbonyl (C=O) groups excluding carboxylic acids is 1. The molecule has 3 unspecified atom stereocenters. The SMILES string of the molecule is Cc1cc(OCCc2ccccc2)ccc1C(=O)OCC1OCCC(O)C1O. The molecule has 1 saturated heterocycles. The highest BCUT2D eigenvalue weighted by Crippen LogP contribution is 2.20. The smallest absolute Gasteiger partial charge is 0.338 e. The van der Waals surface area contributed by atoms with Crippen molar-refractivity contribution in [3.8, 4) is 5.75 Å². The van der Waals surface area contributed by atoms with Crippen LogP contribution in [0.2, 0.25) is 0 Å². The Morgan fingerprint density at radius 2 is 1.96 bits per heavy atom.